The van der Waals surface area contributed by atoms with E-state index in [1.54, 1.807) is 6.92 Å². The molecule has 2 atom stereocenters. The van der Waals surface area contributed by atoms with Crippen molar-refractivity contribution in [3.05, 3.63) is 35.4 Å². The molecule has 1 aliphatic rings. The van der Waals surface area contributed by atoms with Gasteiger partial charge in [-0.2, -0.15) is 4.31 Å². The van der Waals surface area contributed by atoms with Gasteiger partial charge in [0.25, 0.3) is 6.43 Å². The maximum atomic E-state index is 12.5. The number of hydrogen-bond donors (Lipinski definition) is 1. The van der Waals surface area contributed by atoms with Crippen LogP contribution < -0.4 is 0 Å². The van der Waals surface area contributed by atoms with Crippen molar-refractivity contribution < 1.29 is 27.1 Å². The quantitative estimate of drug-likeness (QED) is 0.888. The molecule has 1 heterocycles. The molecule has 2 rings (SSSR count). The highest BCUT2D eigenvalue weighted by atomic mass is 32.2. The smallest absolute Gasteiger partial charge is 0.307 e. The molecule has 0 aliphatic carbocycles. The first kappa shape index (κ1) is 17.8. The number of aliphatic carboxylic acids is 1. The van der Waals surface area contributed by atoms with E-state index < -0.39 is 28.3 Å². The van der Waals surface area contributed by atoms with Crippen LogP contribution in [0.4, 0.5) is 8.78 Å². The van der Waals surface area contributed by atoms with Gasteiger partial charge >= 0.3 is 5.97 Å². The van der Waals surface area contributed by atoms with E-state index >= 15 is 0 Å². The molecule has 1 fully saturated rings. The first-order chi connectivity index (χ1) is 10.7. The zero-order chi connectivity index (χ0) is 17.2. The van der Waals surface area contributed by atoms with Crippen LogP contribution in [0, 0.1) is 5.92 Å². The number of carboxylic acids is 1. The summed E-state index contributed by atoms with van der Waals surface area (Å²) >= 11 is 0. The maximum Gasteiger partial charge on any atom is 0.307 e. The fraction of sp³-hybridized carbons (Fsp3) is 0.533. The van der Waals surface area contributed by atoms with Crippen molar-refractivity contribution in [2.45, 2.75) is 38.0 Å². The van der Waals surface area contributed by atoms with Gasteiger partial charge in [-0.1, -0.05) is 24.3 Å². The summed E-state index contributed by atoms with van der Waals surface area (Å²) in [5.74, 6) is -2.03. The fourth-order valence-electron chi connectivity index (χ4n) is 2.72. The molecule has 8 heteroatoms. The second kappa shape index (κ2) is 6.92. The van der Waals surface area contributed by atoms with Gasteiger partial charge in [0.2, 0.25) is 10.0 Å². The number of nitrogens with zero attached hydrogens (tertiary/aromatic N) is 1. The number of piperidine rings is 1. The molecule has 2 unspecified atom stereocenters. The van der Waals surface area contributed by atoms with Crippen LogP contribution in [0.15, 0.2) is 24.3 Å². The number of alkyl halides is 2. The van der Waals surface area contributed by atoms with Crippen LogP contribution in [0.2, 0.25) is 0 Å². The molecule has 0 spiro atoms. The lowest BCUT2D eigenvalue weighted by Gasteiger charge is -2.35. The summed E-state index contributed by atoms with van der Waals surface area (Å²) in [6, 6.07) is 4.87. The largest absolute Gasteiger partial charge is 0.481 e. The monoisotopic (exact) mass is 347 g/mol. The predicted molar refractivity (Wildman–Crippen MR) is 80.6 cm³/mol. The van der Waals surface area contributed by atoms with Crippen molar-refractivity contribution in [2.24, 2.45) is 5.92 Å². The third-order valence-electron chi connectivity index (χ3n) is 4.11. The Bertz CT molecular complexity index is 661. The number of halogens is 2. The molecular weight excluding hydrogens is 328 g/mol. The number of rotatable bonds is 5. The topological polar surface area (TPSA) is 74.7 Å². The highest BCUT2D eigenvalue weighted by Crippen LogP contribution is 2.27. The van der Waals surface area contributed by atoms with Crippen molar-refractivity contribution in [2.75, 3.05) is 6.54 Å². The van der Waals surface area contributed by atoms with Gasteiger partial charge in [0, 0.05) is 18.2 Å². The Morgan fingerprint density at radius 3 is 2.43 bits per heavy atom. The lowest BCUT2D eigenvalue weighted by molar-refractivity contribution is -0.143. The lowest BCUT2D eigenvalue weighted by atomic mass is 9.96. The minimum atomic E-state index is -3.70. The van der Waals surface area contributed by atoms with Crippen LogP contribution in [-0.4, -0.2) is 36.4 Å². The van der Waals surface area contributed by atoms with Gasteiger partial charge in [-0.05, 0) is 25.3 Å². The second-order valence-corrected chi connectivity index (χ2v) is 7.75. The number of carbonyl (C=O) groups is 1. The Hall–Kier alpha value is -1.54. The normalized spacial score (nSPS) is 23.1. The molecule has 0 radical (unpaired) electrons. The Morgan fingerprint density at radius 1 is 1.30 bits per heavy atom. The summed E-state index contributed by atoms with van der Waals surface area (Å²) in [7, 11) is -3.70. The van der Waals surface area contributed by atoms with Crippen molar-refractivity contribution >= 4 is 16.0 Å². The maximum absolute atomic E-state index is 12.5. The molecule has 0 amide bonds. The zero-order valence-electron chi connectivity index (χ0n) is 12.7. The molecule has 0 saturated carbocycles. The van der Waals surface area contributed by atoms with E-state index in [-0.39, 0.29) is 23.9 Å². The van der Waals surface area contributed by atoms with Crippen molar-refractivity contribution in [3.8, 4) is 0 Å². The first-order valence-corrected chi connectivity index (χ1v) is 8.91. The molecule has 1 N–H and O–H groups in total. The summed E-state index contributed by atoms with van der Waals surface area (Å²) in [5, 5.41) is 9.09. The SMILES string of the molecule is CC1CCC(C(=O)O)CN1S(=O)(=O)Cc1ccc(C(F)F)cc1. The van der Waals surface area contributed by atoms with E-state index in [9.17, 15) is 22.0 Å². The van der Waals surface area contributed by atoms with Crippen molar-refractivity contribution in [1.29, 1.82) is 0 Å². The number of benzene rings is 1. The van der Waals surface area contributed by atoms with E-state index in [4.69, 9.17) is 5.11 Å². The third kappa shape index (κ3) is 4.26. The summed E-state index contributed by atoms with van der Waals surface area (Å²) in [4.78, 5) is 11.1. The summed E-state index contributed by atoms with van der Waals surface area (Å²) in [5.41, 5.74) is 0.238. The zero-order valence-corrected chi connectivity index (χ0v) is 13.5. The van der Waals surface area contributed by atoms with E-state index in [1.807, 2.05) is 0 Å². The Morgan fingerprint density at radius 2 is 1.91 bits per heavy atom. The van der Waals surface area contributed by atoms with Gasteiger partial charge in [0.1, 0.15) is 0 Å². The van der Waals surface area contributed by atoms with Gasteiger partial charge in [0.15, 0.2) is 0 Å². The van der Waals surface area contributed by atoms with Gasteiger partial charge < -0.3 is 5.11 Å². The van der Waals surface area contributed by atoms with Crippen LogP contribution >= 0.6 is 0 Å². The Labute approximate surface area is 134 Å². The van der Waals surface area contributed by atoms with E-state index in [2.05, 4.69) is 0 Å². The minimum Gasteiger partial charge on any atom is -0.481 e. The van der Waals surface area contributed by atoms with Gasteiger partial charge in [-0.15, -0.1) is 0 Å². The minimum absolute atomic E-state index is 0.0477. The molecule has 23 heavy (non-hydrogen) atoms. The van der Waals surface area contributed by atoms with E-state index in [0.29, 0.717) is 18.4 Å². The standard InChI is InChI=1S/C15H19F2NO4S/c1-10-2-5-13(15(19)20)8-18(10)23(21,22)9-11-3-6-12(7-4-11)14(16)17/h3-4,6-7,10,13-14H,2,5,8-9H2,1H3,(H,19,20). The molecule has 0 aromatic heterocycles. The molecule has 1 aliphatic heterocycles. The number of sulfonamides is 1. The highest BCUT2D eigenvalue weighted by molar-refractivity contribution is 7.88. The Kier molecular flexibility index (Phi) is 5.36. The molecule has 1 aromatic carbocycles. The Balaban J connectivity index is 2.15. The van der Waals surface area contributed by atoms with Crippen molar-refractivity contribution in [1.82, 2.24) is 4.31 Å². The van der Waals surface area contributed by atoms with E-state index in [0.717, 1.165) is 0 Å². The highest BCUT2D eigenvalue weighted by Gasteiger charge is 2.36. The van der Waals surface area contributed by atoms with Crippen LogP contribution in [-0.2, 0) is 20.6 Å². The van der Waals surface area contributed by atoms with Crippen LogP contribution in [0.1, 0.15) is 37.3 Å². The number of hydrogen-bond acceptors (Lipinski definition) is 3. The summed E-state index contributed by atoms with van der Waals surface area (Å²) < 4.78 is 51.3. The lowest BCUT2D eigenvalue weighted by Crippen LogP contribution is -2.47. The predicted octanol–water partition coefficient (Wildman–Crippen LogP) is 2.64. The molecule has 128 valence electrons. The van der Waals surface area contributed by atoms with Crippen molar-refractivity contribution in [3.63, 3.8) is 0 Å². The number of carboxylic acid groups (broad SMARTS) is 1. The average molecular weight is 347 g/mol. The molecule has 1 saturated heterocycles. The van der Waals surface area contributed by atoms with Gasteiger partial charge in [0.05, 0.1) is 11.7 Å². The molecule has 1 aromatic rings. The van der Waals surface area contributed by atoms with Gasteiger partial charge in [-0.25, -0.2) is 17.2 Å². The summed E-state index contributed by atoms with van der Waals surface area (Å²) in [6.45, 7) is 1.70. The summed E-state index contributed by atoms with van der Waals surface area (Å²) in [6.07, 6.45) is -1.66. The van der Waals surface area contributed by atoms with E-state index in [1.165, 1.54) is 28.6 Å². The third-order valence-corrected chi connectivity index (χ3v) is 6.03. The molecule has 5 nitrogen and oxygen atoms in total. The fourth-order valence-corrected chi connectivity index (χ4v) is 4.56. The first-order valence-electron chi connectivity index (χ1n) is 7.30. The van der Waals surface area contributed by atoms with Crippen LogP contribution in [0.3, 0.4) is 0 Å². The van der Waals surface area contributed by atoms with Crippen LogP contribution in [0.5, 0.6) is 0 Å². The molecule has 0 bridgehead atoms. The average Bonchev–Trinajstić information content (AvgIpc) is 2.47. The van der Waals surface area contributed by atoms with Crippen LogP contribution in [0.25, 0.3) is 0 Å². The second-order valence-electron chi connectivity index (χ2n) is 5.83. The molecular formula is C15H19F2NO4S. The van der Waals surface area contributed by atoms with Gasteiger partial charge in [-0.3, -0.25) is 4.79 Å².